The fourth-order valence-electron chi connectivity index (χ4n) is 0.876. The molecule has 15 heavy (non-hydrogen) atoms. The van der Waals surface area contributed by atoms with Crippen molar-refractivity contribution in [1.29, 1.82) is 0 Å². The Balaban J connectivity index is 4.90. The number of rotatable bonds is 6. The van der Waals surface area contributed by atoms with E-state index in [-0.39, 0.29) is 0 Å². The van der Waals surface area contributed by atoms with E-state index in [2.05, 4.69) is 0 Å². The second kappa shape index (κ2) is 4.45. The van der Waals surface area contributed by atoms with E-state index in [1.807, 2.05) is 13.8 Å². The van der Waals surface area contributed by atoms with Gasteiger partial charge in [-0.2, -0.15) is 0 Å². The molecular weight excluding hydrogens is 301 g/mol. The summed E-state index contributed by atoms with van der Waals surface area (Å²) < 4.78 is 22.3. The molecule has 0 bridgehead atoms. The molecule has 0 fully saturated rings. The first kappa shape index (κ1) is 16.2. The van der Waals surface area contributed by atoms with Gasteiger partial charge >= 0.3 is 103 Å². The summed E-state index contributed by atoms with van der Waals surface area (Å²) in [7, 11) is 10.8. The molecule has 0 saturated heterocycles. The van der Waals surface area contributed by atoms with Gasteiger partial charge in [-0.1, -0.05) is 0 Å². The monoisotopic (exact) mass is 318 g/mol. The van der Waals surface area contributed by atoms with Gasteiger partial charge in [0.15, 0.2) is 0 Å². The van der Waals surface area contributed by atoms with Crippen LogP contribution in [0.25, 0.3) is 0 Å². The predicted octanol–water partition coefficient (Wildman–Crippen LogP) is 4.48. The van der Waals surface area contributed by atoms with E-state index in [1.165, 1.54) is 0 Å². The maximum absolute atomic E-state index is 12.2. The third-order valence-corrected chi connectivity index (χ3v) is 6.30. The summed E-state index contributed by atoms with van der Waals surface area (Å²) in [6.07, 6.45) is 0.302. The Labute approximate surface area is 102 Å². The Kier molecular flexibility index (Phi) is 4.80. The van der Waals surface area contributed by atoms with Gasteiger partial charge < -0.3 is 0 Å². The Morgan fingerprint density at radius 2 is 1.27 bits per heavy atom. The van der Waals surface area contributed by atoms with Gasteiger partial charge in [0.25, 0.3) is 0 Å². The topological polar surface area (TPSA) is 35.5 Å². The first-order chi connectivity index (χ1) is 6.41. The molecule has 0 heterocycles. The Hall–Kier alpha value is 1.17. The van der Waals surface area contributed by atoms with Crippen LogP contribution in [0.15, 0.2) is 0 Å². The van der Waals surface area contributed by atoms with Gasteiger partial charge in [-0.25, -0.2) is 0 Å². The number of halogens is 3. The molecule has 0 amide bonds. The quantitative estimate of drug-likeness (QED) is 0.724. The van der Waals surface area contributed by atoms with Gasteiger partial charge in [0, 0.05) is 0 Å². The van der Waals surface area contributed by atoms with Crippen molar-refractivity contribution in [3.63, 3.8) is 0 Å². The average molecular weight is 320 g/mol. The van der Waals surface area contributed by atoms with Crippen molar-refractivity contribution in [2.24, 2.45) is 0 Å². The second-order valence-electron chi connectivity index (χ2n) is 3.68. The summed E-state index contributed by atoms with van der Waals surface area (Å²) >= 11 is 0. The molecule has 3 nitrogen and oxygen atoms in total. The fraction of sp³-hybridized carbons (Fsp3) is 1.00. The summed E-state index contributed by atoms with van der Waals surface area (Å²) in [5.41, 5.74) is 0. The van der Waals surface area contributed by atoms with Crippen LogP contribution in [0.3, 0.4) is 0 Å². The molecule has 0 rings (SSSR count). The normalized spacial score (nSPS) is 21.5. The minimum atomic E-state index is -6.33. The third kappa shape index (κ3) is 7.16. The predicted molar refractivity (Wildman–Crippen MR) is 59.9 cm³/mol. The molecule has 0 N–H and O–H groups in total. The average Bonchev–Trinajstić information content (AvgIpc) is 1.99. The van der Waals surface area contributed by atoms with Gasteiger partial charge in [-0.05, 0) is 0 Å². The van der Waals surface area contributed by atoms with Crippen molar-refractivity contribution >= 4 is 29.5 Å². The summed E-state index contributed by atoms with van der Waals surface area (Å²) in [4.78, 5) is 0. The molecule has 0 aromatic carbocycles. The van der Waals surface area contributed by atoms with E-state index in [0.29, 0.717) is 12.8 Å². The van der Waals surface area contributed by atoms with Crippen LogP contribution < -0.4 is 0 Å². The van der Waals surface area contributed by atoms with Crippen molar-refractivity contribution in [2.45, 2.75) is 52.7 Å². The molecule has 7 heteroatoms. The van der Waals surface area contributed by atoms with Crippen LogP contribution in [0.1, 0.15) is 40.5 Å². The van der Waals surface area contributed by atoms with E-state index in [4.69, 9.17) is 36.9 Å². The zero-order chi connectivity index (χ0) is 12.4. The van der Waals surface area contributed by atoms with Crippen LogP contribution in [0, 0.1) is 0 Å². The first-order valence-electron chi connectivity index (χ1n) is 4.91. The van der Waals surface area contributed by atoms with Crippen LogP contribution in [-0.2, 0) is 20.5 Å². The van der Waals surface area contributed by atoms with Gasteiger partial charge in [0.05, 0.1) is 0 Å². The molecule has 0 spiro atoms. The summed E-state index contributed by atoms with van der Waals surface area (Å²) in [6.45, 7) is 7.02. The van der Waals surface area contributed by atoms with Crippen LogP contribution >= 0.6 is 29.5 Å². The van der Waals surface area contributed by atoms with Crippen LogP contribution in [0.4, 0.5) is 0 Å². The Morgan fingerprint density at radius 1 is 1.00 bits per heavy atom. The van der Waals surface area contributed by atoms with Gasteiger partial charge in [-0.15, -0.1) is 0 Å². The van der Waals surface area contributed by atoms with Gasteiger partial charge in [0.1, 0.15) is 0 Å². The van der Waals surface area contributed by atoms with Crippen molar-refractivity contribution in [1.82, 2.24) is 0 Å². The molecule has 0 aromatic heterocycles. The van der Waals surface area contributed by atoms with E-state index in [1.54, 1.807) is 13.8 Å². The Bertz CT molecular complexity index is 278. The van der Waals surface area contributed by atoms with E-state index in [9.17, 15) is 3.67 Å². The van der Waals surface area contributed by atoms with Gasteiger partial charge in [0.2, 0.25) is 0 Å². The SMILES string of the molecule is CCC(C)[O][V](=[O])([Cl])([Cl])([Cl])[O]C(C)CC. The zero-order valence-corrected chi connectivity index (χ0v) is 13.0. The standard InChI is InChI=1S/2C4H9O.3ClH.O.V/c2*1-3-4(2)5;;;;;/h2*4H,3H2,1-2H3;3*1H;;/q2*-1;;;;;+5/p-3. The maximum atomic E-state index is 12.2. The van der Waals surface area contributed by atoms with Crippen molar-refractivity contribution in [3.8, 4) is 0 Å². The van der Waals surface area contributed by atoms with Crippen molar-refractivity contribution in [2.75, 3.05) is 0 Å². The minimum absolute atomic E-state index is 0.431. The number of hydrogen-bond donors (Lipinski definition) is 0. The van der Waals surface area contributed by atoms with E-state index >= 15 is 0 Å². The first-order valence-corrected chi connectivity index (χ1v) is 12.4. The number of hydrogen-bond acceptors (Lipinski definition) is 3. The molecule has 0 aliphatic heterocycles. The van der Waals surface area contributed by atoms with Crippen LogP contribution in [0.2, 0.25) is 0 Å². The second-order valence-corrected chi connectivity index (χ2v) is 19.0. The molecule has 0 radical (unpaired) electrons. The molecule has 94 valence electrons. The van der Waals surface area contributed by atoms with E-state index in [0.717, 1.165) is 0 Å². The third-order valence-electron chi connectivity index (χ3n) is 1.92. The molecular formula is C8H18Cl3O3V. The van der Waals surface area contributed by atoms with Crippen LogP contribution in [-0.4, -0.2) is 12.2 Å². The molecule has 2 atom stereocenters. The Morgan fingerprint density at radius 3 is 1.47 bits per heavy atom. The molecule has 0 aromatic rings. The summed E-state index contributed by atoms with van der Waals surface area (Å²) in [5, 5.41) is 0. The molecule has 0 aliphatic carbocycles. The van der Waals surface area contributed by atoms with Crippen molar-refractivity contribution < 1.29 is 20.5 Å². The zero-order valence-electron chi connectivity index (χ0n) is 9.37. The van der Waals surface area contributed by atoms with Gasteiger partial charge in [-0.3, -0.25) is 0 Å². The molecule has 2 unspecified atom stereocenters. The fourth-order valence-corrected chi connectivity index (χ4v) is 6.98. The molecule has 0 saturated carbocycles. The molecule has 0 aliphatic rings. The van der Waals surface area contributed by atoms with Crippen molar-refractivity contribution in [3.05, 3.63) is 0 Å². The summed E-state index contributed by atoms with van der Waals surface area (Å²) in [6, 6.07) is 0. The van der Waals surface area contributed by atoms with E-state index < -0.39 is 21.7 Å². The summed E-state index contributed by atoms with van der Waals surface area (Å²) in [5.74, 6) is 0. The van der Waals surface area contributed by atoms with Crippen LogP contribution in [0.5, 0.6) is 0 Å².